The van der Waals surface area contributed by atoms with Crippen LogP contribution in [0, 0.1) is 0 Å². The van der Waals surface area contributed by atoms with Gasteiger partial charge in [-0.05, 0) is 39.7 Å². The van der Waals surface area contributed by atoms with Crippen molar-refractivity contribution < 1.29 is 13.6 Å². The molecular weight excluding hydrogens is 267 g/mol. The molecule has 0 atom stereocenters. The van der Waals surface area contributed by atoms with Crippen molar-refractivity contribution in [3.8, 4) is 0 Å². The third-order valence-corrected chi connectivity index (χ3v) is 2.11. The molecule has 0 aliphatic carbocycles. The van der Waals surface area contributed by atoms with Gasteiger partial charge in [0.25, 0.3) is 11.7 Å². The van der Waals surface area contributed by atoms with E-state index in [2.05, 4.69) is 20.9 Å². The maximum atomic E-state index is 12.1. The highest BCUT2D eigenvalue weighted by Crippen LogP contribution is 2.22. The standard InChI is InChI=1S/C7H3BrClF2NO/c8-5-3(6(9)13)1-2-4(12-5)7(10)11/h1-2,7H. The van der Waals surface area contributed by atoms with Crippen molar-refractivity contribution in [1.82, 2.24) is 4.98 Å². The average molecular weight is 270 g/mol. The molecule has 0 unspecified atom stereocenters. The third kappa shape index (κ3) is 2.45. The number of carbonyl (C=O) groups is 1. The van der Waals surface area contributed by atoms with Gasteiger partial charge < -0.3 is 0 Å². The van der Waals surface area contributed by atoms with Gasteiger partial charge in [0.1, 0.15) is 10.3 Å². The van der Waals surface area contributed by atoms with Crippen LogP contribution >= 0.6 is 27.5 Å². The van der Waals surface area contributed by atoms with Gasteiger partial charge in [0.05, 0.1) is 5.56 Å². The Balaban J connectivity index is 3.13. The Labute approximate surface area is 86.0 Å². The molecule has 13 heavy (non-hydrogen) atoms. The van der Waals surface area contributed by atoms with Crippen LogP contribution in [-0.2, 0) is 0 Å². The van der Waals surface area contributed by atoms with E-state index in [9.17, 15) is 13.6 Å². The van der Waals surface area contributed by atoms with Crippen molar-refractivity contribution in [2.45, 2.75) is 6.43 Å². The first-order valence-corrected chi connectivity index (χ1v) is 4.34. The summed E-state index contributed by atoms with van der Waals surface area (Å²) in [4.78, 5) is 14.1. The summed E-state index contributed by atoms with van der Waals surface area (Å²) in [5, 5.41) is -0.736. The molecule has 1 aromatic heterocycles. The van der Waals surface area contributed by atoms with Crippen molar-refractivity contribution >= 4 is 32.8 Å². The fraction of sp³-hybridized carbons (Fsp3) is 0.143. The normalized spacial score (nSPS) is 10.5. The quantitative estimate of drug-likeness (QED) is 0.610. The zero-order chi connectivity index (χ0) is 10.0. The second-order valence-corrected chi connectivity index (χ2v) is 3.24. The molecule has 6 heteroatoms. The molecule has 0 saturated heterocycles. The molecule has 2 nitrogen and oxygen atoms in total. The number of pyridine rings is 1. The lowest BCUT2D eigenvalue weighted by Crippen LogP contribution is -1.97. The highest BCUT2D eigenvalue weighted by atomic mass is 79.9. The minimum Gasteiger partial charge on any atom is -0.276 e. The number of alkyl halides is 2. The molecule has 0 aliphatic heterocycles. The van der Waals surface area contributed by atoms with Crippen LogP contribution in [0.2, 0.25) is 0 Å². The molecule has 0 spiro atoms. The fourth-order valence-corrected chi connectivity index (χ4v) is 1.50. The molecule has 0 amide bonds. The van der Waals surface area contributed by atoms with Gasteiger partial charge in [-0.1, -0.05) is 0 Å². The van der Waals surface area contributed by atoms with Crippen LogP contribution in [0.3, 0.4) is 0 Å². The number of hydrogen-bond acceptors (Lipinski definition) is 2. The molecule has 0 radical (unpaired) electrons. The summed E-state index contributed by atoms with van der Waals surface area (Å²) in [6.07, 6.45) is -2.66. The first-order chi connectivity index (χ1) is 6.02. The van der Waals surface area contributed by atoms with E-state index in [4.69, 9.17) is 11.6 Å². The minimum atomic E-state index is -2.66. The number of aromatic nitrogens is 1. The van der Waals surface area contributed by atoms with Crippen molar-refractivity contribution in [2.24, 2.45) is 0 Å². The second-order valence-electron chi connectivity index (χ2n) is 2.15. The van der Waals surface area contributed by atoms with Crippen molar-refractivity contribution in [2.75, 3.05) is 0 Å². The van der Waals surface area contributed by atoms with Crippen molar-refractivity contribution in [1.29, 1.82) is 0 Å². The van der Waals surface area contributed by atoms with Gasteiger partial charge in [-0.3, -0.25) is 4.79 Å². The summed E-state index contributed by atoms with van der Waals surface area (Å²) < 4.78 is 24.2. The number of carbonyl (C=O) groups excluding carboxylic acids is 1. The van der Waals surface area contributed by atoms with Crippen LogP contribution in [0.15, 0.2) is 16.7 Å². The molecule has 0 bridgehead atoms. The molecule has 0 fully saturated rings. The van der Waals surface area contributed by atoms with Crippen molar-refractivity contribution in [3.63, 3.8) is 0 Å². The monoisotopic (exact) mass is 269 g/mol. The first kappa shape index (κ1) is 10.5. The molecule has 0 saturated carbocycles. The maximum Gasteiger partial charge on any atom is 0.280 e. The second kappa shape index (κ2) is 4.11. The van der Waals surface area contributed by atoms with E-state index < -0.39 is 17.4 Å². The Morgan fingerprint density at radius 2 is 2.15 bits per heavy atom. The van der Waals surface area contributed by atoms with Crippen LogP contribution in [0.5, 0.6) is 0 Å². The Hall–Kier alpha value is -0.550. The summed E-state index contributed by atoms with van der Waals surface area (Å²) in [5.41, 5.74) is -0.320. The number of halogens is 4. The molecule has 0 N–H and O–H groups in total. The predicted octanol–water partition coefficient (Wildman–Crippen LogP) is 3.16. The molecule has 0 aromatic carbocycles. The Kier molecular flexibility index (Phi) is 3.33. The Morgan fingerprint density at radius 1 is 1.54 bits per heavy atom. The Morgan fingerprint density at radius 3 is 2.54 bits per heavy atom. The molecule has 1 aromatic rings. The van der Waals surface area contributed by atoms with Crippen LogP contribution in [0.4, 0.5) is 8.78 Å². The first-order valence-electron chi connectivity index (χ1n) is 3.17. The molecule has 1 heterocycles. The summed E-state index contributed by atoms with van der Waals surface area (Å²) in [5.74, 6) is 0. The van der Waals surface area contributed by atoms with Crippen LogP contribution in [0.25, 0.3) is 0 Å². The van der Waals surface area contributed by atoms with E-state index >= 15 is 0 Å². The van der Waals surface area contributed by atoms with Gasteiger partial charge >= 0.3 is 0 Å². The third-order valence-electron chi connectivity index (χ3n) is 1.31. The lowest BCUT2D eigenvalue weighted by molar-refractivity contribution is 0.107. The average Bonchev–Trinajstić information content (AvgIpc) is 2.03. The van der Waals surface area contributed by atoms with E-state index in [1.165, 1.54) is 6.07 Å². The van der Waals surface area contributed by atoms with E-state index in [0.717, 1.165) is 6.07 Å². The Bertz CT molecular complexity index is 345. The summed E-state index contributed by atoms with van der Waals surface area (Å²) in [7, 11) is 0. The molecule has 0 aliphatic rings. The van der Waals surface area contributed by atoms with Gasteiger partial charge in [0.2, 0.25) is 0 Å². The maximum absolute atomic E-state index is 12.1. The van der Waals surface area contributed by atoms with Crippen molar-refractivity contribution in [3.05, 3.63) is 28.0 Å². The fourth-order valence-electron chi connectivity index (χ4n) is 0.716. The number of nitrogens with zero attached hydrogens (tertiary/aromatic N) is 1. The molecule has 70 valence electrons. The highest BCUT2D eigenvalue weighted by Gasteiger charge is 2.13. The van der Waals surface area contributed by atoms with E-state index in [-0.39, 0.29) is 10.2 Å². The van der Waals surface area contributed by atoms with Gasteiger partial charge in [-0.25, -0.2) is 13.8 Å². The largest absolute Gasteiger partial charge is 0.280 e. The lowest BCUT2D eigenvalue weighted by Gasteiger charge is -2.01. The van der Waals surface area contributed by atoms with E-state index in [1.54, 1.807) is 0 Å². The predicted molar refractivity (Wildman–Crippen MR) is 47.1 cm³/mol. The smallest absolute Gasteiger partial charge is 0.276 e. The molecule has 1 rings (SSSR count). The van der Waals surface area contributed by atoms with Gasteiger partial charge in [-0.15, -0.1) is 0 Å². The summed E-state index contributed by atoms with van der Waals surface area (Å²) in [6.45, 7) is 0. The minimum absolute atomic E-state index is 0.0327. The van der Waals surface area contributed by atoms with Gasteiger partial charge in [0.15, 0.2) is 0 Å². The van der Waals surface area contributed by atoms with Gasteiger partial charge in [-0.2, -0.15) is 0 Å². The van der Waals surface area contributed by atoms with Crippen LogP contribution < -0.4 is 0 Å². The topological polar surface area (TPSA) is 30.0 Å². The highest BCUT2D eigenvalue weighted by molar-refractivity contribution is 9.10. The van der Waals surface area contributed by atoms with Crippen LogP contribution in [0.1, 0.15) is 22.5 Å². The zero-order valence-corrected chi connectivity index (χ0v) is 8.44. The molecular formula is C7H3BrClF2NO. The van der Waals surface area contributed by atoms with E-state index in [1.807, 2.05) is 0 Å². The van der Waals surface area contributed by atoms with Gasteiger partial charge in [0, 0.05) is 0 Å². The zero-order valence-electron chi connectivity index (χ0n) is 6.10. The SMILES string of the molecule is O=C(Cl)c1ccc(C(F)F)nc1Br. The van der Waals surface area contributed by atoms with E-state index in [0.29, 0.717) is 0 Å². The summed E-state index contributed by atoms with van der Waals surface area (Å²) >= 11 is 8.01. The number of rotatable bonds is 2. The van der Waals surface area contributed by atoms with Crippen LogP contribution in [-0.4, -0.2) is 10.2 Å². The summed E-state index contributed by atoms with van der Waals surface area (Å²) in [6, 6.07) is 2.26. The lowest BCUT2D eigenvalue weighted by atomic mass is 10.3. The number of hydrogen-bond donors (Lipinski definition) is 0.